The van der Waals surface area contributed by atoms with Crippen LogP contribution in [0.25, 0.3) is 0 Å². The Labute approximate surface area is 97.9 Å². The molecule has 1 aromatic rings. The molecular weight excluding hydrogens is 200 g/mol. The van der Waals surface area contributed by atoms with Gasteiger partial charge in [-0.1, -0.05) is 26.0 Å². The summed E-state index contributed by atoms with van der Waals surface area (Å²) in [4.78, 5) is 2.31. The van der Waals surface area contributed by atoms with E-state index in [0.717, 1.165) is 37.3 Å². The van der Waals surface area contributed by atoms with Crippen molar-refractivity contribution in [2.24, 2.45) is 0 Å². The largest absolute Gasteiger partial charge is 0.399 e. The first kappa shape index (κ1) is 13.0. The Morgan fingerprint density at radius 1 is 1.19 bits per heavy atom. The van der Waals surface area contributed by atoms with Crippen LogP contribution in [0, 0.1) is 0 Å². The molecule has 0 amide bonds. The zero-order chi connectivity index (χ0) is 12.0. The number of rotatable bonds is 6. The van der Waals surface area contributed by atoms with E-state index in [1.54, 1.807) is 0 Å². The minimum absolute atomic E-state index is 0.388. The number of aliphatic hydroxyl groups excluding tert-OH is 1. The Kier molecular flexibility index (Phi) is 5.29. The third-order valence-corrected chi connectivity index (χ3v) is 2.93. The van der Waals surface area contributed by atoms with E-state index in [1.807, 2.05) is 24.3 Å². The van der Waals surface area contributed by atoms with Gasteiger partial charge in [-0.2, -0.15) is 0 Å². The average Bonchev–Trinajstić information content (AvgIpc) is 2.31. The van der Waals surface area contributed by atoms with Crippen LogP contribution in [0.1, 0.15) is 31.9 Å². The third kappa shape index (κ3) is 3.83. The van der Waals surface area contributed by atoms with Gasteiger partial charge < -0.3 is 15.7 Å². The number of benzene rings is 1. The van der Waals surface area contributed by atoms with Gasteiger partial charge in [0.25, 0.3) is 0 Å². The highest BCUT2D eigenvalue weighted by Gasteiger charge is 2.08. The number of hydrogen-bond donors (Lipinski definition) is 2. The number of hydrogen-bond acceptors (Lipinski definition) is 3. The van der Waals surface area contributed by atoms with Crippen molar-refractivity contribution in [3.63, 3.8) is 0 Å². The summed E-state index contributed by atoms with van der Waals surface area (Å²) < 4.78 is 0. The van der Waals surface area contributed by atoms with Crippen molar-refractivity contribution in [2.45, 2.75) is 26.4 Å². The molecule has 0 saturated heterocycles. The fraction of sp³-hybridized carbons (Fsp3) is 0.538. The number of nitrogen functional groups attached to an aromatic ring is 1. The fourth-order valence-corrected chi connectivity index (χ4v) is 1.73. The number of nitrogens with zero attached hydrogens (tertiary/aromatic N) is 1. The Morgan fingerprint density at radius 3 is 2.25 bits per heavy atom. The van der Waals surface area contributed by atoms with Gasteiger partial charge in [0, 0.05) is 12.2 Å². The average molecular weight is 222 g/mol. The molecule has 3 N–H and O–H groups in total. The zero-order valence-corrected chi connectivity index (χ0v) is 10.2. The van der Waals surface area contributed by atoms with E-state index in [9.17, 15) is 5.11 Å². The van der Waals surface area contributed by atoms with Crippen LogP contribution < -0.4 is 5.73 Å². The second-order valence-electron chi connectivity index (χ2n) is 4.00. The molecule has 0 aliphatic heterocycles. The van der Waals surface area contributed by atoms with Gasteiger partial charge in [0.05, 0.1) is 6.10 Å². The number of anilines is 1. The summed E-state index contributed by atoms with van der Waals surface area (Å²) in [7, 11) is 0. The van der Waals surface area contributed by atoms with Gasteiger partial charge in [0.15, 0.2) is 0 Å². The summed E-state index contributed by atoms with van der Waals surface area (Å²) in [5, 5.41) is 9.98. The van der Waals surface area contributed by atoms with E-state index < -0.39 is 0 Å². The standard InChI is InChI=1S/C13H22N2O/c1-3-15(4-2)10-9-13(16)11-5-7-12(14)8-6-11/h5-8,13,16H,3-4,9-10,14H2,1-2H3. The molecule has 1 unspecified atom stereocenters. The third-order valence-electron chi connectivity index (χ3n) is 2.93. The van der Waals surface area contributed by atoms with E-state index in [4.69, 9.17) is 5.73 Å². The van der Waals surface area contributed by atoms with E-state index in [-0.39, 0.29) is 6.10 Å². The molecule has 0 radical (unpaired) electrons. The van der Waals surface area contributed by atoms with E-state index in [2.05, 4.69) is 18.7 Å². The Balaban J connectivity index is 2.46. The zero-order valence-electron chi connectivity index (χ0n) is 10.2. The van der Waals surface area contributed by atoms with E-state index in [1.165, 1.54) is 0 Å². The minimum atomic E-state index is -0.388. The van der Waals surface area contributed by atoms with Crippen LogP contribution in [0.5, 0.6) is 0 Å². The Bertz CT molecular complexity index is 293. The van der Waals surface area contributed by atoms with Crippen molar-refractivity contribution >= 4 is 5.69 Å². The molecule has 0 saturated carbocycles. The van der Waals surface area contributed by atoms with E-state index >= 15 is 0 Å². The molecule has 0 spiro atoms. The second-order valence-corrected chi connectivity index (χ2v) is 4.00. The smallest absolute Gasteiger partial charge is 0.0802 e. The summed E-state index contributed by atoms with van der Waals surface area (Å²) in [5.74, 6) is 0. The van der Waals surface area contributed by atoms with Gasteiger partial charge in [0.1, 0.15) is 0 Å². The van der Waals surface area contributed by atoms with Gasteiger partial charge in [-0.05, 0) is 37.2 Å². The van der Waals surface area contributed by atoms with Gasteiger partial charge in [-0.25, -0.2) is 0 Å². The summed E-state index contributed by atoms with van der Waals surface area (Å²) >= 11 is 0. The first-order valence-electron chi connectivity index (χ1n) is 5.93. The highest BCUT2D eigenvalue weighted by molar-refractivity contribution is 5.39. The highest BCUT2D eigenvalue weighted by Crippen LogP contribution is 2.18. The monoisotopic (exact) mass is 222 g/mol. The van der Waals surface area contributed by atoms with Crippen molar-refractivity contribution in [1.82, 2.24) is 4.90 Å². The predicted octanol–water partition coefficient (Wildman–Crippen LogP) is 2.03. The summed E-state index contributed by atoms with van der Waals surface area (Å²) in [6.45, 7) is 7.27. The Hall–Kier alpha value is -1.06. The lowest BCUT2D eigenvalue weighted by Gasteiger charge is -2.20. The first-order chi connectivity index (χ1) is 7.67. The molecule has 0 aliphatic rings. The maximum absolute atomic E-state index is 9.98. The quantitative estimate of drug-likeness (QED) is 0.724. The topological polar surface area (TPSA) is 49.5 Å². The van der Waals surface area contributed by atoms with Crippen molar-refractivity contribution in [2.75, 3.05) is 25.4 Å². The van der Waals surface area contributed by atoms with Crippen LogP contribution in [0.4, 0.5) is 5.69 Å². The summed E-state index contributed by atoms with van der Waals surface area (Å²) in [6, 6.07) is 7.44. The van der Waals surface area contributed by atoms with E-state index in [0.29, 0.717) is 0 Å². The first-order valence-corrected chi connectivity index (χ1v) is 5.93. The van der Waals surface area contributed by atoms with Crippen molar-refractivity contribution < 1.29 is 5.11 Å². The molecule has 0 fully saturated rings. The lowest BCUT2D eigenvalue weighted by atomic mass is 10.1. The molecule has 90 valence electrons. The van der Waals surface area contributed by atoms with Gasteiger partial charge >= 0.3 is 0 Å². The fourth-order valence-electron chi connectivity index (χ4n) is 1.73. The van der Waals surface area contributed by atoms with Crippen LogP contribution >= 0.6 is 0 Å². The lowest BCUT2D eigenvalue weighted by molar-refractivity contribution is 0.145. The molecule has 0 heterocycles. The molecular formula is C13H22N2O. The SMILES string of the molecule is CCN(CC)CCC(O)c1ccc(N)cc1. The molecule has 0 bridgehead atoms. The number of nitrogens with two attached hydrogens (primary N) is 1. The molecule has 16 heavy (non-hydrogen) atoms. The molecule has 3 heteroatoms. The summed E-state index contributed by atoms with van der Waals surface area (Å²) in [6.07, 6.45) is 0.382. The highest BCUT2D eigenvalue weighted by atomic mass is 16.3. The van der Waals surface area contributed by atoms with Crippen LogP contribution in [-0.2, 0) is 0 Å². The maximum atomic E-state index is 9.98. The molecule has 1 atom stereocenters. The van der Waals surface area contributed by atoms with Crippen molar-refractivity contribution in [1.29, 1.82) is 0 Å². The molecule has 1 rings (SSSR count). The van der Waals surface area contributed by atoms with Crippen molar-refractivity contribution in [3.05, 3.63) is 29.8 Å². The minimum Gasteiger partial charge on any atom is -0.399 e. The second kappa shape index (κ2) is 6.51. The van der Waals surface area contributed by atoms with Crippen LogP contribution in [0.15, 0.2) is 24.3 Å². The molecule has 0 aromatic heterocycles. The van der Waals surface area contributed by atoms with Crippen LogP contribution in [-0.4, -0.2) is 29.6 Å². The molecule has 3 nitrogen and oxygen atoms in total. The molecule has 1 aromatic carbocycles. The van der Waals surface area contributed by atoms with Crippen LogP contribution in [0.3, 0.4) is 0 Å². The lowest BCUT2D eigenvalue weighted by Crippen LogP contribution is -2.25. The maximum Gasteiger partial charge on any atom is 0.0802 e. The Morgan fingerprint density at radius 2 is 1.75 bits per heavy atom. The van der Waals surface area contributed by atoms with Gasteiger partial charge in [0.2, 0.25) is 0 Å². The van der Waals surface area contributed by atoms with Crippen molar-refractivity contribution in [3.8, 4) is 0 Å². The molecule has 0 aliphatic carbocycles. The van der Waals surface area contributed by atoms with Gasteiger partial charge in [-0.15, -0.1) is 0 Å². The van der Waals surface area contributed by atoms with Crippen LogP contribution in [0.2, 0.25) is 0 Å². The summed E-state index contributed by atoms with van der Waals surface area (Å²) in [5.41, 5.74) is 7.28. The van der Waals surface area contributed by atoms with Gasteiger partial charge in [-0.3, -0.25) is 0 Å². The number of aliphatic hydroxyl groups is 1. The normalized spacial score (nSPS) is 13.0. The predicted molar refractivity (Wildman–Crippen MR) is 68.2 cm³/mol.